The van der Waals surface area contributed by atoms with E-state index >= 15 is 0 Å². The van der Waals surface area contributed by atoms with Gasteiger partial charge < -0.3 is 9.47 Å². The smallest absolute Gasteiger partial charge is 0.179 e. The maximum atomic E-state index is 11.5. The van der Waals surface area contributed by atoms with Crippen molar-refractivity contribution in [3.05, 3.63) is 23.2 Å². The lowest BCUT2D eigenvalue weighted by atomic mass is 10.3. The zero-order valence-electron chi connectivity index (χ0n) is 9.07. The Labute approximate surface area is 100 Å². The Morgan fingerprint density at radius 3 is 2.56 bits per heavy atom. The second-order valence-corrected chi connectivity index (χ2v) is 5.57. The third-order valence-electron chi connectivity index (χ3n) is 1.86. The van der Waals surface area contributed by atoms with Crippen LogP contribution in [0.1, 0.15) is 0 Å². The molecule has 0 fully saturated rings. The summed E-state index contributed by atoms with van der Waals surface area (Å²) in [7, 11) is -1.81. The van der Waals surface area contributed by atoms with Crippen LogP contribution in [0.3, 0.4) is 0 Å². The van der Waals surface area contributed by atoms with Gasteiger partial charge in [0.25, 0.3) is 0 Å². The number of para-hydroxylation sites is 1. The van der Waals surface area contributed by atoms with Crippen molar-refractivity contribution in [1.82, 2.24) is 0 Å². The van der Waals surface area contributed by atoms with Gasteiger partial charge in [-0.25, -0.2) is 8.42 Å². The summed E-state index contributed by atoms with van der Waals surface area (Å²) in [5.41, 5.74) is 0. The average molecular weight is 265 g/mol. The number of hydrogen-bond acceptors (Lipinski definition) is 4. The van der Waals surface area contributed by atoms with Crippen LogP contribution in [-0.2, 0) is 14.6 Å². The van der Waals surface area contributed by atoms with Crippen LogP contribution in [0.5, 0.6) is 5.75 Å². The predicted molar refractivity (Wildman–Crippen MR) is 61.9 cm³/mol. The molecule has 0 radical (unpaired) electrons. The van der Waals surface area contributed by atoms with E-state index in [4.69, 9.17) is 21.1 Å². The molecule has 0 saturated carbocycles. The maximum absolute atomic E-state index is 11.5. The second kappa shape index (κ2) is 5.52. The number of ether oxygens (including phenoxy) is 2. The van der Waals surface area contributed by atoms with Gasteiger partial charge in [0, 0.05) is 13.4 Å². The molecule has 1 aromatic rings. The fourth-order valence-electron chi connectivity index (χ4n) is 1.15. The number of halogens is 1. The SMILES string of the molecule is COCCOc1c(Cl)cccc1S(C)(=O)=O. The molecule has 0 heterocycles. The molecule has 0 amide bonds. The van der Waals surface area contributed by atoms with Crippen LogP contribution in [0.15, 0.2) is 23.1 Å². The van der Waals surface area contributed by atoms with Crippen LogP contribution >= 0.6 is 11.6 Å². The molecular weight excluding hydrogens is 252 g/mol. The highest BCUT2D eigenvalue weighted by molar-refractivity contribution is 7.90. The van der Waals surface area contributed by atoms with E-state index in [1.807, 2.05) is 0 Å². The Morgan fingerprint density at radius 2 is 2.00 bits per heavy atom. The van der Waals surface area contributed by atoms with Crippen molar-refractivity contribution in [2.45, 2.75) is 4.90 Å². The first-order valence-electron chi connectivity index (χ1n) is 4.57. The van der Waals surface area contributed by atoms with E-state index in [1.54, 1.807) is 12.1 Å². The second-order valence-electron chi connectivity index (χ2n) is 3.18. The van der Waals surface area contributed by atoms with Gasteiger partial charge in [-0.05, 0) is 12.1 Å². The zero-order chi connectivity index (χ0) is 12.2. The van der Waals surface area contributed by atoms with E-state index in [1.165, 1.54) is 13.2 Å². The lowest BCUT2D eigenvalue weighted by molar-refractivity contribution is 0.144. The van der Waals surface area contributed by atoms with Gasteiger partial charge in [0.05, 0.1) is 11.6 Å². The van der Waals surface area contributed by atoms with E-state index in [2.05, 4.69) is 0 Å². The van der Waals surface area contributed by atoms with Gasteiger partial charge in [-0.1, -0.05) is 17.7 Å². The van der Waals surface area contributed by atoms with Gasteiger partial charge in [0.1, 0.15) is 11.5 Å². The number of benzene rings is 1. The number of rotatable bonds is 5. The van der Waals surface area contributed by atoms with Gasteiger partial charge in [-0.2, -0.15) is 0 Å². The van der Waals surface area contributed by atoms with Gasteiger partial charge in [-0.3, -0.25) is 0 Å². The molecule has 16 heavy (non-hydrogen) atoms. The normalized spacial score (nSPS) is 11.4. The van der Waals surface area contributed by atoms with Crippen LogP contribution in [0.4, 0.5) is 0 Å². The summed E-state index contributed by atoms with van der Waals surface area (Å²) in [5.74, 6) is 0.184. The Balaban J connectivity index is 3.05. The molecule has 0 aromatic heterocycles. The lowest BCUT2D eigenvalue weighted by Gasteiger charge is -2.11. The molecule has 1 rings (SSSR count). The van der Waals surface area contributed by atoms with Crippen LogP contribution in [0.25, 0.3) is 0 Å². The number of methoxy groups -OCH3 is 1. The first-order chi connectivity index (χ1) is 7.46. The fourth-order valence-corrected chi connectivity index (χ4v) is 2.26. The molecule has 0 N–H and O–H groups in total. The Kier molecular flexibility index (Phi) is 4.58. The van der Waals surface area contributed by atoms with Crippen molar-refractivity contribution < 1.29 is 17.9 Å². The Bertz CT molecular complexity index is 456. The summed E-state index contributed by atoms with van der Waals surface area (Å²) in [6.07, 6.45) is 1.11. The van der Waals surface area contributed by atoms with E-state index in [0.717, 1.165) is 6.26 Å². The van der Waals surface area contributed by atoms with Crippen LogP contribution < -0.4 is 4.74 Å². The molecule has 0 spiro atoms. The lowest BCUT2D eigenvalue weighted by Crippen LogP contribution is -2.08. The highest BCUT2D eigenvalue weighted by Gasteiger charge is 2.16. The molecule has 1 aromatic carbocycles. The van der Waals surface area contributed by atoms with Gasteiger partial charge in [-0.15, -0.1) is 0 Å². The van der Waals surface area contributed by atoms with Crippen molar-refractivity contribution in [3.8, 4) is 5.75 Å². The highest BCUT2D eigenvalue weighted by atomic mass is 35.5. The molecule has 0 aliphatic carbocycles. The molecule has 0 aliphatic heterocycles. The van der Waals surface area contributed by atoms with E-state index in [0.29, 0.717) is 6.61 Å². The number of hydrogen-bond donors (Lipinski definition) is 0. The zero-order valence-corrected chi connectivity index (χ0v) is 10.6. The third-order valence-corrected chi connectivity index (χ3v) is 3.28. The molecule has 0 aliphatic rings. The van der Waals surface area contributed by atoms with Crippen molar-refractivity contribution in [1.29, 1.82) is 0 Å². The fraction of sp³-hybridized carbons (Fsp3) is 0.400. The first kappa shape index (κ1) is 13.3. The molecule has 90 valence electrons. The van der Waals surface area contributed by atoms with Crippen molar-refractivity contribution in [2.75, 3.05) is 26.6 Å². The van der Waals surface area contributed by atoms with Gasteiger partial charge in [0.2, 0.25) is 0 Å². The molecule has 0 saturated heterocycles. The Hall–Kier alpha value is -0.780. The van der Waals surface area contributed by atoms with Crippen molar-refractivity contribution in [2.24, 2.45) is 0 Å². The average Bonchev–Trinajstić information content (AvgIpc) is 2.19. The molecule has 0 unspecified atom stereocenters. The highest BCUT2D eigenvalue weighted by Crippen LogP contribution is 2.31. The number of sulfone groups is 1. The summed E-state index contributed by atoms with van der Waals surface area (Å²) >= 11 is 5.88. The largest absolute Gasteiger partial charge is 0.488 e. The van der Waals surface area contributed by atoms with Gasteiger partial charge in [0.15, 0.2) is 15.6 Å². The standard InChI is InChI=1S/C10H13ClO4S/c1-14-6-7-15-10-8(11)4-3-5-9(10)16(2,12)13/h3-5H,6-7H2,1-2H3. The third kappa shape index (κ3) is 3.37. The summed E-state index contributed by atoms with van der Waals surface area (Å²) in [6, 6.07) is 4.61. The maximum Gasteiger partial charge on any atom is 0.179 e. The summed E-state index contributed by atoms with van der Waals surface area (Å²) < 4.78 is 33.0. The van der Waals surface area contributed by atoms with E-state index in [-0.39, 0.29) is 22.3 Å². The molecule has 0 atom stereocenters. The minimum absolute atomic E-state index is 0.0936. The minimum atomic E-state index is -3.34. The first-order valence-corrected chi connectivity index (χ1v) is 6.84. The van der Waals surface area contributed by atoms with Crippen molar-refractivity contribution >= 4 is 21.4 Å². The van der Waals surface area contributed by atoms with Crippen LogP contribution in [0.2, 0.25) is 5.02 Å². The predicted octanol–water partition coefficient (Wildman–Crippen LogP) is 1.77. The van der Waals surface area contributed by atoms with E-state index < -0.39 is 9.84 Å². The summed E-state index contributed by atoms with van der Waals surface area (Å²) in [4.78, 5) is 0.0936. The molecular formula is C10H13ClO4S. The van der Waals surface area contributed by atoms with Crippen LogP contribution in [0, 0.1) is 0 Å². The summed E-state index contributed by atoms with van der Waals surface area (Å²) in [6.45, 7) is 0.622. The molecule has 0 bridgehead atoms. The summed E-state index contributed by atoms with van der Waals surface area (Å²) in [5, 5.41) is 0.277. The van der Waals surface area contributed by atoms with Crippen molar-refractivity contribution in [3.63, 3.8) is 0 Å². The quantitative estimate of drug-likeness (QED) is 0.761. The minimum Gasteiger partial charge on any atom is -0.488 e. The molecule has 6 heteroatoms. The van der Waals surface area contributed by atoms with Gasteiger partial charge >= 0.3 is 0 Å². The Morgan fingerprint density at radius 1 is 1.31 bits per heavy atom. The van der Waals surface area contributed by atoms with Crippen LogP contribution in [-0.4, -0.2) is 35.0 Å². The molecule has 4 nitrogen and oxygen atoms in total. The topological polar surface area (TPSA) is 52.6 Å². The van der Waals surface area contributed by atoms with E-state index in [9.17, 15) is 8.42 Å². The monoisotopic (exact) mass is 264 g/mol.